The monoisotopic (exact) mass is 159 g/mol. The fourth-order valence-electron chi connectivity index (χ4n) is 0.855. The van der Waals surface area contributed by atoms with Gasteiger partial charge in [-0.25, -0.2) is 0 Å². The fourth-order valence-corrected chi connectivity index (χ4v) is 0.855. The van der Waals surface area contributed by atoms with Crippen molar-refractivity contribution < 1.29 is 0 Å². The molecule has 0 unspecified atom stereocenters. The average molecular weight is 159 g/mol. The van der Waals surface area contributed by atoms with E-state index in [1.165, 1.54) is 0 Å². The van der Waals surface area contributed by atoms with Crippen molar-refractivity contribution >= 4 is 0 Å². The van der Waals surface area contributed by atoms with Crippen molar-refractivity contribution in [1.29, 1.82) is 0 Å². The Bertz CT molecular complexity index is 266. The Morgan fingerprint density at radius 3 is 2.67 bits per heavy atom. The lowest BCUT2D eigenvalue weighted by molar-refractivity contribution is 0.811. The maximum Gasteiger partial charge on any atom is 0.0580 e. The number of hydrogen-bond acceptors (Lipinski definition) is 1. The Kier molecular flexibility index (Phi) is 3.97. The molecule has 1 aromatic rings. The van der Waals surface area contributed by atoms with Crippen LogP contribution in [0.15, 0.2) is 30.3 Å². The van der Waals surface area contributed by atoms with Crippen LogP contribution in [0.5, 0.6) is 0 Å². The van der Waals surface area contributed by atoms with Gasteiger partial charge in [-0.3, -0.25) is 0 Å². The number of rotatable bonds is 2. The molecule has 12 heavy (non-hydrogen) atoms. The molecule has 62 valence electrons. The molecule has 1 aromatic carbocycles. The molecule has 1 nitrogen and oxygen atoms in total. The van der Waals surface area contributed by atoms with Crippen molar-refractivity contribution in [2.45, 2.75) is 6.92 Å². The SMILES string of the molecule is CCNCC#Cc1ccccc1. The average Bonchev–Trinajstić information content (AvgIpc) is 2.14. The molecular formula is C11H13N. The quantitative estimate of drug-likeness (QED) is 0.511. The summed E-state index contributed by atoms with van der Waals surface area (Å²) in [5.41, 5.74) is 1.08. The van der Waals surface area contributed by atoms with Gasteiger partial charge in [-0.05, 0) is 18.7 Å². The van der Waals surface area contributed by atoms with Crippen molar-refractivity contribution in [3.05, 3.63) is 35.9 Å². The molecule has 0 radical (unpaired) electrons. The topological polar surface area (TPSA) is 12.0 Å². The molecule has 0 aromatic heterocycles. The van der Waals surface area contributed by atoms with Crippen molar-refractivity contribution in [3.63, 3.8) is 0 Å². The first kappa shape index (κ1) is 8.83. The lowest BCUT2D eigenvalue weighted by Gasteiger charge is -1.89. The number of hydrogen-bond donors (Lipinski definition) is 1. The summed E-state index contributed by atoms with van der Waals surface area (Å²) in [6, 6.07) is 10.0. The lowest BCUT2D eigenvalue weighted by Crippen LogP contribution is -2.11. The van der Waals surface area contributed by atoms with Gasteiger partial charge in [0, 0.05) is 5.56 Å². The van der Waals surface area contributed by atoms with E-state index in [-0.39, 0.29) is 0 Å². The third-order valence-electron chi connectivity index (χ3n) is 1.47. The van der Waals surface area contributed by atoms with E-state index >= 15 is 0 Å². The van der Waals surface area contributed by atoms with Gasteiger partial charge in [0.1, 0.15) is 0 Å². The normalized spacial score (nSPS) is 8.75. The van der Waals surface area contributed by atoms with E-state index in [1.807, 2.05) is 30.3 Å². The largest absolute Gasteiger partial charge is 0.306 e. The molecule has 0 atom stereocenters. The molecule has 0 bridgehead atoms. The highest BCUT2D eigenvalue weighted by atomic mass is 14.8. The van der Waals surface area contributed by atoms with Gasteiger partial charge in [0.2, 0.25) is 0 Å². The summed E-state index contributed by atoms with van der Waals surface area (Å²) in [4.78, 5) is 0. The van der Waals surface area contributed by atoms with Gasteiger partial charge in [-0.2, -0.15) is 0 Å². The van der Waals surface area contributed by atoms with Crippen LogP contribution in [0.1, 0.15) is 12.5 Å². The zero-order valence-corrected chi connectivity index (χ0v) is 7.30. The van der Waals surface area contributed by atoms with Crippen molar-refractivity contribution in [1.82, 2.24) is 5.32 Å². The third kappa shape index (κ3) is 3.23. The highest BCUT2D eigenvalue weighted by Crippen LogP contribution is 1.93. The molecule has 0 spiro atoms. The third-order valence-corrected chi connectivity index (χ3v) is 1.47. The van der Waals surface area contributed by atoms with E-state index in [2.05, 4.69) is 24.1 Å². The van der Waals surface area contributed by atoms with Crippen LogP contribution in [0.25, 0.3) is 0 Å². The minimum absolute atomic E-state index is 0.769. The fraction of sp³-hybridized carbons (Fsp3) is 0.273. The molecule has 0 amide bonds. The molecule has 0 heterocycles. The van der Waals surface area contributed by atoms with E-state index in [9.17, 15) is 0 Å². The zero-order chi connectivity index (χ0) is 8.65. The summed E-state index contributed by atoms with van der Waals surface area (Å²) in [5, 5.41) is 3.14. The highest BCUT2D eigenvalue weighted by Gasteiger charge is 1.79. The second-order valence-electron chi connectivity index (χ2n) is 2.45. The van der Waals surface area contributed by atoms with E-state index < -0.39 is 0 Å². The maximum atomic E-state index is 3.14. The summed E-state index contributed by atoms with van der Waals surface area (Å²) < 4.78 is 0. The zero-order valence-electron chi connectivity index (χ0n) is 7.30. The van der Waals surface area contributed by atoms with Crippen LogP contribution < -0.4 is 5.32 Å². The Morgan fingerprint density at radius 2 is 2.00 bits per heavy atom. The molecule has 0 aliphatic heterocycles. The van der Waals surface area contributed by atoms with E-state index in [1.54, 1.807) is 0 Å². The Hall–Kier alpha value is -1.26. The minimum atomic E-state index is 0.769. The molecule has 0 saturated carbocycles. The maximum absolute atomic E-state index is 3.14. The molecule has 1 rings (SSSR count). The van der Waals surface area contributed by atoms with Gasteiger partial charge in [0.25, 0.3) is 0 Å². The first-order valence-electron chi connectivity index (χ1n) is 4.18. The Morgan fingerprint density at radius 1 is 1.25 bits per heavy atom. The summed E-state index contributed by atoms with van der Waals surface area (Å²) in [7, 11) is 0. The second kappa shape index (κ2) is 5.40. The highest BCUT2D eigenvalue weighted by molar-refractivity contribution is 5.33. The second-order valence-corrected chi connectivity index (χ2v) is 2.45. The first-order chi connectivity index (χ1) is 5.93. The summed E-state index contributed by atoms with van der Waals surface area (Å²) in [5.74, 6) is 6.11. The van der Waals surface area contributed by atoms with Gasteiger partial charge in [0.15, 0.2) is 0 Å². The van der Waals surface area contributed by atoms with Crippen molar-refractivity contribution in [2.24, 2.45) is 0 Å². The predicted octanol–water partition coefficient (Wildman–Crippen LogP) is 1.65. The summed E-state index contributed by atoms with van der Waals surface area (Å²) in [6.45, 7) is 3.82. The smallest absolute Gasteiger partial charge is 0.0580 e. The van der Waals surface area contributed by atoms with Gasteiger partial charge < -0.3 is 5.32 Å². The van der Waals surface area contributed by atoms with Crippen LogP contribution in [0.2, 0.25) is 0 Å². The molecule has 0 saturated heterocycles. The van der Waals surface area contributed by atoms with Crippen LogP contribution in [0.3, 0.4) is 0 Å². The molecule has 1 heteroatoms. The standard InChI is InChI=1S/C11H13N/c1-2-12-10-6-9-11-7-4-3-5-8-11/h3-5,7-8,12H,2,10H2,1H3. The first-order valence-corrected chi connectivity index (χ1v) is 4.18. The van der Waals surface area contributed by atoms with Crippen LogP contribution in [0, 0.1) is 11.8 Å². The molecule has 1 N–H and O–H groups in total. The van der Waals surface area contributed by atoms with E-state index in [0.717, 1.165) is 18.7 Å². The van der Waals surface area contributed by atoms with Crippen LogP contribution in [0.4, 0.5) is 0 Å². The molecule has 0 aliphatic carbocycles. The van der Waals surface area contributed by atoms with Crippen LogP contribution >= 0.6 is 0 Å². The summed E-state index contributed by atoms with van der Waals surface area (Å²) >= 11 is 0. The molecule has 0 aliphatic rings. The van der Waals surface area contributed by atoms with Gasteiger partial charge in [-0.1, -0.05) is 37.0 Å². The van der Waals surface area contributed by atoms with Crippen molar-refractivity contribution in [2.75, 3.05) is 13.1 Å². The van der Waals surface area contributed by atoms with E-state index in [0.29, 0.717) is 0 Å². The molecule has 0 fully saturated rings. The van der Waals surface area contributed by atoms with Gasteiger partial charge >= 0.3 is 0 Å². The lowest BCUT2D eigenvalue weighted by atomic mass is 10.2. The number of nitrogens with one attached hydrogen (secondary N) is 1. The predicted molar refractivity (Wildman–Crippen MR) is 51.9 cm³/mol. The Labute approximate surface area is 73.8 Å². The minimum Gasteiger partial charge on any atom is -0.306 e. The Balaban J connectivity index is 2.44. The van der Waals surface area contributed by atoms with Crippen LogP contribution in [-0.2, 0) is 0 Å². The van der Waals surface area contributed by atoms with E-state index in [4.69, 9.17) is 0 Å². The van der Waals surface area contributed by atoms with Gasteiger partial charge in [0.05, 0.1) is 6.54 Å². The molecular weight excluding hydrogens is 146 g/mol. The van der Waals surface area contributed by atoms with Gasteiger partial charge in [-0.15, -0.1) is 0 Å². The summed E-state index contributed by atoms with van der Waals surface area (Å²) in [6.07, 6.45) is 0. The van der Waals surface area contributed by atoms with Crippen LogP contribution in [-0.4, -0.2) is 13.1 Å². The van der Waals surface area contributed by atoms with Crippen molar-refractivity contribution in [3.8, 4) is 11.8 Å². The number of benzene rings is 1.